The summed E-state index contributed by atoms with van der Waals surface area (Å²) in [5.41, 5.74) is 0. The molecular weight excluding hydrogens is 184 g/mol. The van der Waals surface area contributed by atoms with E-state index in [-0.39, 0.29) is 12.5 Å². The summed E-state index contributed by atoms with van der Waals surface area (Å²) < 4.78 is 0. The van der Waals surface area contributed by atoms with E-state index in [0.29, 0.717) is 12.6 Å². The predicted molar refractivity (Wildman–Crippen MR) is 48.8 cm³/mol. The molecular formula is C9H14N2O3. The van der Waals surface area contributed by atoms with Crippen molar-refractivity contribution in [2.24, 2.45) is 0 Å². The van der Waals surface area contributed by atoms with Crippen LogP contribution in [-0.2, 0) is 9.59 Å². The van der Waals surface area contributed by atoms with Gasteiger partial charge in [-0.15, -0.1) is 0 Å². The molecule has 0 bridgehead atoms. The molecule has 0 aromatic heterocycles. The van der Waals surface area contributed by atoms with E-state index in [2.05, 4.69) is 0 Å². The van der Waals surface area contributed by atoms with Gasteiger partial charge < -0.3 is 10.0 Å². The Morgan fingerprint density at radius 2 is 2.14 bits per heavy atom. The highest BCUT2D eigenvalue weighted by atomic mass is 16.4. The topological polar surface area (TPSA) is 60.9 Å². The Kier molecular flexibility index (Phi) is 2.19. The molecule has 14 heavy (non-hydrogen) atoms. The van der Waals surface area contributed by atoms with E-state index in [1.54, 1.807) is 16.8 Å². The molecule has 1 aliphatic carbocycles. The van der Waals surface area contributed by atoms with E-state index >= 15 is 0 Å². The predicted octanol–water partition coefficient (Wildman–Crippen LogP) is -0.624. The first-order chi connectivity index (χ1) is 6.59. The lowest BCUT2D eigenvalue weighted by molar-refractivity contribution is -0.151. The molecule has 1 saturated heterocycles. The molecule has 2 rings (SSSR count). The SMILES string of the molecule is CN1CC(=O)N(C2CC2)CC1C(=O)O. The Bertz CT molecular complexity index is 275. The van der Waals surface area contributed by atoms with Crippen molar-refractivity contribution >= 4 is 11.9 Å². The summed E-state index contributed by atoms with van der Waals surface area (Å²) in [5, 5.41) is 8.94. The molecule has 1 amide bonds. The normalized spacial score (nSPS) is 29.4. The van der Waals surface area contributed by atoms with Gasteiger partial charge in [-0.05, 0) is 19.9 Å². The van der Waals surface area contributed by atoms with Crippen molar-refractivity contribution in [2.75, 3.05) is 20.1 Å². The van der Waals surface area contributed by atoms with Crippen LogP contribution in [0.1, 0.15) is 12.8 Å². The zero-order valence-corrected chi connectivity index (χ0v) is 8.14. The van der Waals surface area contributed by atoms with E-state index in [1.807, 2.05) is 0 Å². The van der Waals surface area contributed by atoms with Gasteiger partial charge in [-0.1, -0.05) is 0 Å². The van der Waals surface area contributed by atoms with Crippen LogP contribution in [0.25, 0.3) is 0 Å². The van der Waals surface area contributed by atoms with E-state index in [9.17, 15) is 9.59 Å². The maximum absolute atomic E-state index is 11.5. The highest BCUT2D eigenvalue weighted by Crippen LogP contribution is 2.29. The summed E-state index contributed by atoms with van der Waals surface area (Å²) in [6.45, 7) is 0.572. The first-order valence-corrected chi connectivity index (χ1v) is 4.82. The van der Waals surface area contributed by atoms with Crippen molar-refractivity contribution < 1.29 is 14.7 Å². The van der Waals surface area contributed by atoms with Gasteiger partial charge in [-0.25, -0.2) is 0 Å². The molecule has 2 aliphatic rings. The molecule has 1 saturated carbocycles. The number of amides is 1. The van der Waals surface area contributed by atoms with Gasteiger partial charge in [0.2, 0.25) is 5.91 Å². The monoisotopic (exact) mass is 198 g/mol. The molecule has 5 nitrogen and oxygen atoms in total. The zero-order valence-electron chi connectivity index (χ0n) is 8.14. The summed E-state index contributed by atoms with van der Waals surface area (Å²) >= 11 is 0. The lowest BCUT2D eigenvalue weighted by atomic mass is 10.1. The lowest BCUT2D eigenvalue weighted by Crippen LogP contribution is -2.58. The third-order valence-corrected chi connectivity index (χ3v) is 2.88. The highest BCUT2D eigenvalue weighted by molar-refractivity contribution is 5.83. The number of likely N-dealkylation sites (N-methyl/N-ethyl adjacent to an activating group) is 1. The fourth-order valence-corrected chi connectivity index (χ4v) is 1.85. The first kappa shape index (κ1) is 9.45. The molecule has 1 unspecified atom stereocenters. The summed E-state index contributed by atoms with van der Waals surface area (Å²) in [4.78, 5) is 25.7. The van der Waals surface area contributed by atoms with Crippen LogP contribution in [0.2, 0.25) is 0 Å². The molecule has 78 valence electrons. The average Bonchev–Trinajstić information content (AvgIpc) is 2.86. The Morgan fingerprint density at radius 1 is 1.50 bits per heavy atom. The van der Waals surface area contributed by atoms with Crippen LogP contribution in [0.3, 0.4) is 0 Å². The second kappa shape index (κ2) is 3.24. The largest absolute Gasteiger partial charge is 0.480 e. The fraction of sp³-hybridized carbons (Fsp3) is 0.778. The van der Waals surface area contributed by atoms with Gasteiger partial charge in [0.1, 0.15) is 6.04 Å². The van der Waals surface area contributed by atoms with Gasteiger partial charge in [0, 0.05) is 12.6 Å². The Morgan fingerprint density at radius 3 is 2.64 bits per heavy atom. The van der Waals surface area contributed by atoms with Crippen molar-refractivity contribution in [3.63, 3.8) is 0 Å². The molecule has 0 radical (unpaired) electrons. The Hall–Kier alpha value is -1.10. The second-order valence-corrected chi connectivity index (χ2v) is 4.05. The number of hydrogen-bond donors (Lipinski definition) is 1. The minimum Gasteiger partial charge on any atom is -0.480 e. The minimum absolute atomic E-state index is 0.0625. The highest BCUT2D eigenvalue weighted by Gasteiger charge is 2.40. The molecule has 0 aromatic carbocycles. The molecule has 0 spiro atoms. The number of carboxylic acids is 1. The van der Waals surface area contributed by atoms with Crippen LogP contribution in [0, 0.1) is 0 Å². The van der Waals surface area contributed by atoms with Crippen molar-refractivity contribution in [3.8, 4) is 0 Å². The summed E-state index contributed by atoms with van der Waals surface area (Å²) in [5.74, 6) is -0.779. The van der Waals surface area contributed by atoms with Crippen LogP contribution >= 0.6 is 0 Å². The van der Waals surface area contributed by atoms with Crippen LogP contribution in [0.4, 0.5) is 0 Å². The smallest absolute Gasteiger partial charge is 0.322 e. The van der Waals surface area contributed by atoms with Crippen LogP contribution < -0.4 is 0 Å². The molecule has 1 heterocycles. The van der Waals surface area contributed by atoms with Gasteiger partial charge >= 0.3 is 5.97 Å². The maximum atomic E-state index is 11.5. The van der Waals surface area contributed by atoms with Crippen molar-refractivity contribution in [1.29, 1.82) is 0 Å². The number of carboxylic acid groups (broad SMARTS) is 1. The first-order valence-electron chi connectivity index (χ1n) is 4.82. The van der Waals surface area contributed by atoms with Crippen molar-refractivity contribution in [3.05, 3.63) is 0 Å². The van der Waals surface area contributed by atoms with E-state index in [1.165, 1.54) is 0 Å². The van der Waals surface area contributed by atoms with E-state index in [0.717, 1.165) is 12.8 Å². The number of carbonyl (C=O) groups is 2. The number of hydrogen-bond acceptors (Lipinski definition) is 3. The molecule has 5 heteroatoms. The zero-order chi connectivity index (χ0) is 10.3. The summed E-state index contributed by atoms with van der Waals surface area (Å²) in [6.07, 6.45) is 2.06. The van der Waals surface area contributed by atoms with Gasteiger partial charge in [0.15, 0.2) is 0 Å². The summed E-state index contributed by atoms with van der Waals surface area (Å²) in [7, 11) is 1.68. The van der Waals surface area contributed by atoms with Gasteiger partial charge in [0.05, 0.1) is 6.54 Å². The number of rotatable bonds is 2. The molecule has 2 fully saturated rings. The number of nitrogens with zero attached hydrogens (tertiary/aromatic N) is 2. The van der Waals surface area contributed by atoms with Gasteiger partial charge in [-0.3, -0.25) is 14.5 Å². The Balaban J connectivity index is 2.07. The maximum Gasteiger partial charge on any atom is 0.322 e. The molecule has 1 atom stereocenters. The van der Waals surface area contributed by atoms with Crippen LogP contribution in [-0.4, -0.2) is 59.0 Å². The van der Waals surface area contributed by atoms with Gasteiger partial charge in [-0.2, -0.15) is 0 Å². The minimum atomic E-state index is -0.842. The lowest BCUT2D eigenvalue weighted by Gasteiger charge is -2.36. The van der Waals surface area contributed by atoms with Crippen molar-refractivity contribution in [2.45, 2.75) is 24.9 Å². The fourth-order valence-electron chi connectivity index (χ4n) is 1.85. The number of piperazine rings is 1. The number of carbonyl (C=O) groups excluding carboxylic acids is 1. The van der Waals surface area contributed by atoms with Crippen LogP contribution in [0.15, 0.2) is 0 Å². The number of aliphatic carboxylic acids is 1. The third-order valence-electron chi connectivity index (χ3n) is 2.88. The average molecular weight is 198 g/mol. The van der Waals surface area contributed by atoms with Gasteiger partial charge in [0.25, 0.3) is 0 Å². The quantitative estimate of drug-likeness (QED) is 0.642. The molecule has 1 aliphatic heterocycles. The Labute approximate surface area is 82.3 Å². The molecule has 1 N–H and O–H groups in total. The summed E-state index contributed by atoms with van der Waals surface area (Å²) in [6, 6.07) is -0.216. The van der Waals surface area contributed by atoms with Crippen LogP contribution in [0.5, 0.6) is 0 Å². The second-order valence-electron chi connectivity index (χ2n) is 4.05. The van der Waals surface area contributed by atoms with Crippen molar-refractivity contribution in [1.82, 2.24) is 9.80 Å². The van der Waals surface area contributed by atoms with E-state index in [4.69, 9.17) is 5.11 Å². The third kappa shape index (κ3) is 1.59. The van der Waals surface area contributed by atoms with E-state index < -0.39 is 12.0 Å². The molecule has 0 aromatic rings. The standard InChI is InChI=1S/C9H14N2O3/c1-10-5-8(12)11(6-2-3-6)4-7(10)9(13)14/h6-7H,2-5H2,1H3,(H,13,14).